The van der Waals surface area contributed by atoms with E-state index in [-0.39, 0.29) is 39.7 Å². The first-order chi connectivity index (χ1) is 27.1. The van der Waals surface area contributed by atoms with Crippen molar-refractivity contribution in [2.45, 2.75) is 56.9 Å². The van der Waals surface area contributed by atoms with Crippen molar-refractivity contribution < 1.29 is 55.7 Å². The lowest BCUT2D eigenvalue weighted by atomic mass is 9.93. The number of nitrogens with zero attached hydrogens (tertiary/aromatic N) is 5. The minimum Gasteiger partial charge on any atom is -0.481 e. The molecule has 1 aromatic carbocycles. The van der Waals surface area contributed by atoms with Crippen LogP contribution in [0, 0.1) is 5.82 Å². The number of anilines is 2. The number of urea groups is 1. The van der Waals surface area contributed by atoms with Gasteiger partial charge >= 0.3 is 12.0 Å². The zero-order chi connectivity index (χ0) is 41.9. The summed E-state index contributed by atoms with van der Waals surface area (Å²) in [5.74, 6) is -3.07. The van der Waals surface area contributed by atoms with Gasteiger partial charge in [-0.05, 0) is 50.3 Å². The first-order valence-electron chi connectivity index (χ1n) is 17.5. The third-order valence-electron chi connectivity index (χ3n) is 8.20. The summed E-state index contributed by atoms with van der Waals surface area (Å²) >= 11 is 6.02. The lowest BCUT2D eigenvalue weighted by molar-refractivity contribution is -0.146. The highest BCUT2D eigenvalue weighted by Crippen LogP contribution is 2.39. The Hall–Kier alpha value is -5.89. The van der Waals surface area contributed by atoms with Gasteiger partial charge in [0, 0.05) is 37.5 Å². The van der Waals surface area contributed by atoms with Crippen molar-refractivity contribution in [3.05, 3.63) is 64.1 Å². The minimum atomic E-state index is -4.46. The number of ether oxygens (including phenoxy) is 4. The van der Waals surface area contributed by atoms with Crippen molar-refractivity contribution >= 4 is 63.0 Å². The molecule has 0 atom stereocenters. The van der Waals surface area contributed by atoms with E-state index in [0.29, 0.717) is 30.6 Å². The predicted octanol–water partition coefficient (Wildman–Crippen LogP) is 4.44. The van der Waals surface area contributed by atoms with E-state index in [4.69, 9.17) is 30.5 Å². The molecule has 1 aliphatic carbocycles. The first kappa shape index (κ1) is 43.8. The average Bonchev–Trinajstić information content (AvgIpc) is 3.44. The molecule has 3 aromatic rings. The summed E-state index contributed by atoms with van der Waals surface area (Å²) in [7, 11) is 1.15. The summed E-state index contributed by atoms with van der Waals surface area (Å²) in [5.41, 5.74) is 0.486. The summed E-state index contributed by atoms with van der Waals surface area (Å²) in [4.78, 5) is 74.9. The SMILES string of the molecule is CCCCCOC(=O)COc1cc(N2C(=O)C3=C(CCCC3)C2=O)c(F)cc1Cl.COc1cc(OC)nc(NC(=O)NS(=O)(=O)c2ncccc2C(=O)N(C)C)n1. The first-order valence-corrected chi connectivity index (χ1v) is 19.3. The highest BCUT2D eigenvalue weighted by atomic mass is 35.5. The van der Waals surface area contributed by atoms with Crippen LogP contribution in [0.15, 0.2) is 52.7 Å². The third kappa shape index (κ3) is 11.1. The van der Waals surface area contributed by atoms with E-state index >= 15 is 0 Å². The number of halogens is 2. The van der Waals surface area contributed by atoms with Gasteiger partial charge in [-0.2, -0.15) is 18.4 Å². The normalized spacial score (nSPS) is 13.6. The van der Waals surface area contributed by atoms with Gasteiger partial charge in [-0.1, -0.05) is 31.4 Å². The summed E-state index contributed by atoms with van der Waals surface area (Å²) in [6.45, 7) is 1.93. The molecule has 5 amide bonds. The molecule has 5 rings (SSSR count). The molecule has 0 saturated heterocycles. The molecule has 18 nitrogen and oxygen atoms in total. The fourth-order valence-corrected chi connectivity index (χ4v) is 6.69. The molecular formula is C36H41ClFN7O11S. The molecule has 306 valence electrons. The number of amides is 5. The summed E-state index contributed by atoms with van der Waals surface area (Å²) in [5, 5.41) is 1.50. The van der Waals surface area contributed by atoms with Crippen molar-refractivity contribution in [1.82, 2.24) is 24.6 Å². The Morgan fingerprint density at radius 1 is 0.982 bits per heavy atom. The molecule has 0 spiro atoms. The fourth-order valence-electron chi connectivity index (χ4n) is 5.45. The van der Waals surface area contributed by atoms with Gasteiger partial charge in [0.2, 0.25) is 17.7 Å². The smallest absolute Gasteiger partial charge is 0.344 e. The number of unbranched alkanes of at least 4 members (excludes halogenated alkanes) is 2. The van der Waals surface area contributed by atoms with Crippen LogP contribution in [0.5, 0.6) is 17.5 Å². The van der Waals surface area contributed by atoms with Crippen LogP contribution >= 0.6 is 11.6 Å². The Kier molecular flexibility index (Phi) is 15.2. The number of nitrogens with one attached hydrogen (secondary N) is 2. The molecule has 0 fully saturated rings. The van der Waals surface area contributed by atoms with Gasteiger partial charge in [-0.25, -0.2) is 28.6 Å². The molecule has 21 heteroatoms. The van der Waals surface area contributed by atoms with Gasteiger partial charge in [-0.3, -0.25) is 19.7 Å². The standard InChI is InChI=1S/C21H23ClFNO5.C15H18N6O6S/c1-2-3-6-9-28-19(25)12-29-18-11-17(16(23)10-15(18)22)24-20(26)13-7-4-5-8-14(13)21(24)27;1-21(2)13(22)9-6-5-7-16-12(9)28(24,25)20-15(23)19-14-17-10(26-3)8-11(18-14)27-4/h10-11H,2-9,12H2,1H3;5-8H,1-4H3,(H2,17,18,19,20,23). The van der Waals surface area contributed by atoms with Crippen LogP contribution < -0.4 is 29.1 Å². The second-order valence-electron chi connectivity index (χ2n) is 12.5. The fraction of sp³-hybridized carbons (Fsp3) is 0.389. The number of carbonyl (C=O) groups excluding carboxylic acids is 5. The van der Waals surface area contributed by atoms with Crippen LogP contribution in [0.2, 0.25) is 5.02 Å². The third-order valence-corrected chi connectivity index (χ3v) is 9.79. The number of pyridine rings is 1. The van der Waals surface area contributed by atoms with Crippen LogP contribution in [0.1, 0.15) is 62.2 Å². The van der Waals surface area contributed by atoms with E-state index < -0.39 is 57.2 Å². The van der Waals surface area contributed by atoms with E-state index in [9.17, 15) is 36.8 Å². The number of esters is 1. The number of hydrogen-bond donors (Lipinski definition) is 2. The highest BCUT2D eigenvalue weighted by Gasteiger charge is 2.41. The van der Waals surface area contributed by atoms with E-state index in [1.165, 1.54) is 63.7 Å². The van der Waals surface area contributed by atoms with Crippen LogP contribution in [-0.2, 0) is 29.1 Å². The van der Waals surface area contributed by atoms with E-state index in [1.807, 2.05) is 6.92 Å². The number of hydrogen-bond acceptors (Lipinski definition) is 14. The molecule has 3 heterocycles. The molecule has 2 N–H and O–H groups in total. The number of methoxy groups -OCH3 is 2. The van der Waals surface area contributed by atoms with E-state index in [2.05, 4.69) is 20.3 Å². The lowest BCUT2D eigenvalue weighted by Gasteiger charge is -2.18. The largest absolute Gasteiger partial charge is 0.481 e. The van der Waals surface area contributed by atoms with Crippen molar-refractivity contribution in [2.75, 3.05) is 51.7 Å². The molecule has 1 aliphatic heterocycles. The predicted molar refractivity (Wildman–Crippen MR) is 202 cm³/mol. The number of benzene rings is 1. The van der Waals surface area contributed by atoms with Gasteiger partial charge in [0.15, 0.2) is 11.6 Å². The monoisotopic (exact) mass is 833 g/mol. The molecule has 2 aliphatic rings. The zero-order valence-electron chi connectivity index (χ0n) is 31.7. The van der Waals surface area contributed by atoms with Crippen molar-refractivity contribution in [2.24, 2.45) is 0 Å². The summed E-state index contributed by atoms with van der Waals surface area (Å²) in [6.07, 6.45) is 6.59. The second-order valence-corrected chi connectivity index (χ2v) is 14.5. The Bertz CT molecular complexity index is 2120. The Labute approximate surface area is 332 Å². The van der Waals surface area contributed by atoms with Crippen molar-refractivity contribution in [3.63, 3.8) is 0 Å². The van der Waals surface area contributed by atoms with Crippen LogP contribution in [0.25, 0.3) is 0 Å². The highest BCUT2D eigenvalue weighted by molar-refractivity contribution is 7.90. The molecular weight excluding hydrogens is 793 g/mol. The molecule has 0 saturated carbocycles. The maximum Gasteiger partial charge on any atom is 0.344 e. The topological polar surface area (TPSA) is 226 Å². The van der Waals surface area contributed by atoms with Crippen LogP contribution in [0.3, 0.4) is 0 Å². The van der Waals surface area contributed by atoms with Crippen molar-refractivity contribution in [3.8, 4) is 17.5 Å². The van der Waals surface area contributed by atoms with E-state index in [1.54, 1.807) is 4.72 Å². The Morgan fingerprint density at radius 3 is 2.19 bits per heavy atom. The number of sulfonamides is 1. The number of aromatic nitrogens is 3. The number of rotatable bonds is 14. The number of imide groups is 1. The van der Waals surface area contributed by atoms with Gasteiger partial charge in [0.1, 0.15) is 11.6 Å². The minimum absolute atomic E-state index is 0.000883. The van der Waals surface area contributed by atoms with Crippen LogP contribution in [0.4, 0.5) is 20.8 Å². The average molecular weight is 834 g/mol. The lowest BCUT2D eigenvalue weighted by Crippen LogP contribution is -2.36. The Morgan fingerprint density at radius 2 is 1.61 bits per heavy atom. The molecule has 0 radical (unpaired) electrons. The molecule has 2 aromatic heterocycles. The maximum atomic E-state index is 14.5. The summed E-state index contributed by atoms with van der Waals surface area (Å²) in [6, 6.07) is 5.05. The van der Waals surface area contributed by atoms with Gasteiger partial charge in [0.05, 0.1) is 43.2 Å². The molecule has 57 heavy (non-hydrogen) atoms. The van der Waals surface area contributed by atoms with Crippen LogP contribution in [-0.4, -0.2) is 99.5 Å². The maximum absolute atomic E-state index is 14.5. The van der Waals surface area contributed by atoms with Gasteiger partial charge in [-0.15, -0.1) is 0 Å². The van der Waals surface area contributed by atoms with E-state index in [0.717, 1.165) is 43.1 Å². The second kappa shape index (κ2) is 19.8. The molecule has 0 unspecified atom stereocenters. The Balaban J connectivity index is 0.000000253. The summed E-state index contributed by atoms with van der Waals surface area (Å²) < 4.78 is 61.7. The quantitative estimate of drug-likeness (QED) is 0.130. The van der Waals surface area contributed by atoms with Gasteiger partial charge < -0.3 is 23.8 Å². The van der Waals surface area contributed by atoms with Crippen molar-refractivity contribution in [1.29, 1.82) is 0 Å². The zero-order valence-corrected chi connectivity index (χ0v) is 33.3. The number of carbonyl (C=O) groups is 5. The van der Waals surface area contributed by atoms with Gasteiger partial charge in [0.25, 0.3) is 27.7 Å². The molecule has 0 bridgehead atoms.